The summed E-state index contributed by atoms with van der Waals surface area (Å²) < 4.78 is 9.53. The molecule has 0 fully saturated rings. The number of hydrogen-bond donors (Lipinski definition) is 1. The molecule has 1 aromatic rings. The second-order valence-electron chi connectivity index (χ2n) is 2.39. The van der Waals surface area contributed by atoms with E-state index >= 15 is 0 Å². The normalized spacial score (nSPS) is 9.57. The van der Waals surface area contributed by atoms with Crippen LogP contribution in [0.15, 0.2) is 12.1 Å². The van der Waals surface area contributed by atoms with Crippen molar-refractivity contribution in [3.63, 3.8) is 0 Å². The maximum absolute atomic E-state index is 11.0. The lowest BCUT2D eigenvalue weighted by molar-refractivity contribution is 0.0592. The fourth-order valence-electron chi connectivity index (χ4n) is 0.774. The van der Waals surface area contributed by atoms with Gasteiger partial charge in [-0.2, -0.15) is 0 Å². The van der Waals surface area contributed by atoms with E-state index in [4.69, 9.17) is 10.5 Å². The van der Waals surface area contributed by atoms with Crippen molar-refractivity contribution in [2.75, 3.05) is 20.3 Å². The average molecular weight is 197 g/mol. The van der Waals surface area contributed by atoms with Crippen LogP contribution in [0.4, 0.5) is 0 Å². The van der Waals surface area contributed by atoms with E-state index in [0.717, 1.165) is 0 Å². The summed E-state index contributed by atoms with van der Waals surface area (Å²) in [6, 6.07) is 3.01. The van der Waals surface area contributed by atoms with E-state index in [2.05, 4.69) is 14.9 Å². The molecule has 0 spiro atoms. The number of nitrogens with zero attached hydrogens (tertiary/aromatic N) is 2. The van der Waals surface area contributed by atoms with Gasteiger partial charge in [0.1, 0.15) is 6.61 Å². The fourth-order valence-corrected chi connectivity index (χ4v) is 0.774. The van der Waals surface area contributed by atoms with Crippen LogP contribution < -0.4 is 10.5 Å². The number of hydrogen-bond acceptors (Lipinski definition) is 6. The molecule has 1 heterocycles. The van der Waals surface area contributed by atoms with Crippen molar-refractivity contribution < 1.29 is 14.3 Å². The van der Waals surface area contributed by atoms with Crippen LogP contribution in [-0.4, -0.2) is 36.4 Å². The number of carbonyl (C=O) groups is 1. The minimum atomic E-state index is -0.525. The highest BCUT2D eigenvalue weighted by molar-refractivity contribution is 5.86. The molecule has 0 amide bonds. The summed E-state index contributed by atoms with van der Waals surface area (Å²) in [5.74, 6) is -0.189. The lowest BCUT2D eigenvalue weighted by Gasteiger charge is -2.02. The molecule has 0 unspecified atom stereocenters. The number of rotatable bonds is 4. The molecule has 1 rings (SSSR count). The van der Waals surface area contributed by atoms with Gasteiger partial charge in [0.05, 0.1) is 7.11 Å². The molecule has 76 valence electrons. The Morgan fingerprint density at radius 2 is 2.29 bits per heavy atom. The monoisotopic (exact) mass is 197 g/mol. The van der Waals surface area contributed by atoms with Crippen LogP contribution >= 0.6 is 0 Å². The maximum atomic E-state index is 11.0. The summed E-state index contributed by atoms with van der Waals surface area (Å²) in [6.07, 6.45) is 0. The van der Waals surface area contributed by atoms with Gasteiger partial charge >= 0.3 is 5.97 Å². The molecule has 6 nitrogen and oxygen atoms in total. The van der Waals surface area contributed by atoms with E-state index in [9.17, 15) is 4.79 Å². The average Bonchev–Trinajstić information content (AvgIpc) is 2.26. The molecule has 2 N–H and O–H groups in total. The Labute approximate surface area is 81.0 Å². The van der Waals surface area contributed by atoms with E-state index in [-0.39, 0.29) is 5.69 Å². The van der Waals surface area contributed by atoms with Crippen LogP contribution in [0.3, 0.4) is 0 Å². The highest BCUT2D eigenvalue weighted by Crippen LogP contribution is 2.04. The van der Waals surface area contributed by atoms with Gasteiger partial charge in [-0.3, -0.25) is 0 Å². The standard InChI is InChI=1S/C8H11N3O3/c1-13-8(12)6-2-3-7(11-10-6)14-5-4-9/h2-3H,4-5,9H2,1H3. The van der Waals surface area contributed by atoms with Gasteiger partial charge in [0.25, 0.3) is 0 Å². The van der Waals surface area contributed by atoms with E-state index in [1.54, 1.807) is 0 Å². The second kappa shape index (κ2) is 5.13. The summed E-state index contributed by atoms with van der Waals surface area (Å²) in [5.41, 5.74) is 5.37. The molecule has 0 bridgehead atoms. The minimum absolute atomic E-state index is 0.146. The third-order valence-corrected chi connectivity index (χ3v) is 1.40. The van der Waals surface area contributed by atoms with E-state index in [1.165, 1.54) is 19.2 Å². The fraction of sp³-hybridized carbons (Fsp3) is 0.375. The van der Waals surface area contributed by atoms with E-state index < -0.39 is 5.97 Å². The largest absolute Gasteiger partial charge is 0.475 e. The molecule has 0 aliphatic rings. The van der Waals surface area contributed by atoms with Crippen LogP contribution in [0, 0.1) is 0 Å². The van der Waals surface area contributed by atoms with Gasteiger partial charge in [-0.25, -0.2) is 4.79 Å². The number of carbonyl (C=O) groups excluding carboxylic acids is 1. The number of esters is 1. The van der Waals surface area contributed by atoms with Crippen LogP contribution in [0.2, 0.25) is 0 Å². The molecule has 14 heavy (non-hydrogen) atoms. The summed E-state index contributed by atoms with van der Waals surface area (Å²) in [5, 5.41) is 7.27. The topological polar surface area (TPSA) is 87.3 Å². The van der Waals surface area contributed by atoms with Crippen LogP contribution in [0.1, 0.15) is 10.5 Å². The number of nitrogens with two attached hydrogens (primary N) is 1. The zero-order chi connectivity index (χ0) is 10.4. The molecule has 0 atom stereocenters. The van der Waals surface area contributed by atoms with Crippen molar-refractivity contribution in [1.82, 2.24) is 10.2 Å². The van der Waals surface area contributed by atoms with Crippen LogP contribution in [0.5, 0.6) is 5.88 Å². The molecule has 1 aromatic heterocycles. The Morgan fingerprint density at radius 1 is 1.50 bits per heavy atom. The van der Waals surface area contributed by atoms with Crippen molar-refractivity contribution in [2.24, 2.45) is 5.73 Å². The third kappa shape index (κ3) is 2.67. The molecule has 0 aliphatic carbocycles. The highest BCUT2D eigenvalue weighted by Gasteiger charge is 2.07. The Kier molecular flexibility index (Phi) is 3.81. The zero-order valence-electron chi connectivity index (χ0n) is 7.77. The van der Waals surface area contributed by atoms with Gasteiger partial charge in [-0.15, -0.1) is 10.2 Å². The summed E-state index contributed by atoms with van der Waals surface area (Å²) in [7, 11) is 1.28. The lowest BCUT2D eigenvalue weighted by atomic mass is 10.4. The number of ether oxygens (including phenoxy) is 2. The number of methoxy groups -OCH3 is 1. The quantitative estimate of drug-likeness (QED) is 0.661. The first-order valence-corrected chi connectivity index (χ1v) is 4.03. The van der Waals surface area contributed by atoms with E-state index in [1.807, 2.05) is 0 Å². The van der Waals surface area contributed by atoms with Gasteiger partial charge in [-0.1, -0.05) is 0 Å². The minimum Gasteiger partial charge on any atom is -0.475 e. The Morgan fingerprint density at radius 3 is 2.79 bits per heavy atom. The van der Waals surface area contributed by atoms with Crippen molar-refractivity contribution in [2.45, 2.75) is 0 Å². The van der Waals surface area contributed by atoms with Gasteiger partial charge in [0, 0.05) is 12.6 Å². The second-order valence-corrected chi connectivity index (χ2v) is 2.39. The molecule has 0 saturated heterocycles. The molecular weight excluding hydrogens is 186 g/mol. The van der Waals surface area contributed by atoms with Crippen LogP contribution in [0.25, 0.3) is 0 Å². The molecular formula is C8H11N3O3. The van der Waals surface area contributed by atoms with E-state index in [0.29, 0.717) is 19.0 Å². The number of aromatic nitrogens is 2. The van der Waals surface area contributed by atoms with Gasteiger partial charge < -0.3 is 15.2 Å². The van der Waals surface area contributed by atoms with Crippen molar-refractivity contribution in [1.29, 1.82) is 0 Å². The summed E-state index contributed by atoms with van der Waals surface area (Å²) in [4.78, 5) is 11.0. The highest BCUT2D eigenvalue weighted by atomic mass is 16.5. The van der Waals surface area contributed by atoms with Gasteiger partial charge in [0.2, 0.25) is 5.88 Å². The van der Waals surface area contributed by atoms with Gasteiger partial charge in [-0.05, 0) is 6.07 Å². The molecule has 0 aromatic carbocycles. The predicted molar refractivity (Wildman–Crippen MR) is 47.9 cm³/mol. The first kappa shape index (κ1) is 10.4. The van der Waals surface area contributed by atoms with Crippen molar-refractivity contribution >= 4 is 5.97 Å². The third-order valence-electron chi connectivity index (χ3n) is 1.40. The SMILES string of the molecule is COC(=O)c1ccc(OCCN)nn1. The van der Waals surface area contributed by atoms with Gasteiger partial charge in [0.15, 0.2) is 5.69 Å². The molecule has 6 heteroatoms. The molecule has 0 aliphatic heterocycles. The first-order valence-electron chi connectivity index (χ1n) is 4.03. The Balaban J connectivity index is 2.63. The summed E-state index contributed by atoms with van der Waals surface area (Å²) in [6.45, 7) is 0.771. The predicted octanol–water partition coefficient (Wildman–Crippen LogP) is -0.399. The van der Waals surface area contributed by atoms with Crippen molar-refractivity contribution in [3.8, 4) is 5.88 Å². The smallest absolute Gasteiger partial charge is 0.358 e. The first-order chi connectivity index (χ1) is 6.77. The lowest BCUT2D eigenvalue weighted by Crippen LogP contribution is -2.12. The zero-order valence-corrected chi connectivity index (χ0v) is 7.77. The van der Waals surface area contributed by atoms with Crippen molar-refractivity contribution in [3.05, 3.63) is 17.8 Å². The Hall–Kier alpha value is -1.69. The molecule has 0 saturated carbocycles. The molecule has 0 radical (unpaired) electrons. The summed E-state index contributed by atoms with van der Waals surface area (Å²) >= 11 is 0. The van der Waals surface area contributed by atoms with Crippen LogP contribution in [-0.2, 0) is 4.74 Å². The Bertz CT molecular complexity index is 299. The maximum Gasteiger partial charge on any atom is 0.358 e.